The van der Waals surface area contributed by atoms with Gasteiger partial charge in [-0.3, -0.25) is 14.5 Å². The summed E-state index contributed by atoms with van der Waals surface area (Å²) in [5.41, 5.74) is 7.22. The first kappa shape index (κ1) is 20.8. The highest BCUT2D eigenvalue weighted by molar-refractivity contribution is 6.13. The average Bonchev–Trinajstić information content (AvgIpc) is 3.25. The zero-order valence-corrected chi connectivity index (χ0v) is 17.9. The van der Waals surface area contributed by atoms with Gasteiger partial charge in [-0.2, -0.15) is 0 Å². The van der Waals surface area contributed by atoms with Crippen molar-refractivity contribution < 1.29 is 9.59 Å². The quantitative estimate of drug-likeness (QED) is 0.493. The number of benzene rings is 1. The van der Waals surface area contributed by atoms with E-state index < -0.39 is 0 Å². The molecule has 0 fully saturated rings. The maximum Gasteiger partial charge on any atom is 0.254 e. The Morgan fingerprint density at radius 1 is 0.857 bits per heavy atom. The largest absolute Gasteiger partial charge is 0.269 e. The van der Waals surface area contributed by atoms with Gasteiger partial charge in [-0.1, -0.05) is 46.1 Å². The molecule has 0 saturated heterocycles. The monoisotopic (exact) mass is 381 g/mol. The molecule has 1 aromatic carbocycles. The molecule has 2 amide bonds. The zero-order chi connectivity index (χ0) is 20.1. The maximum absolute atomic E-state index is 12.4. The molecule has 0 saturated carbocycles. The van der Waals surface area contributed by atoms with E-state index in [1.807, 2.05) is 0 Å². The van der Waals surface area contributed by atoms with Crippen LogP contribution in [0.15, 0.2) is 18.2 Å². The van der Waals surface area contributed by atoms with Crippen LogP contribution < -0.4 is 0 Å². The first-order chi connectivity index (χ1) is 13.6. The third-order valence-corrected chi connectivity index (χ3v) is 6.31. The fourth-order valence-corrected chi connectivity index (χ4v) is 4.86. The molecule has 0 radical (unpaired) electrons. The van der Waals surface area contributed by atoms with Gasteiger partial charge in [-0.25, -0.2) is 0 Å². The minimum absolute atomic E-state index is 0.0718. The molecule has 1 aliphatic heterocycles. The number of hydrogen-bond acceptors (Lipinski definition) is 2. The van der Waals surface area contributed by atoms with E-state index in [0.717, 1.165) is 44.9 Å². The van der Waals surface area contributed by atoms with Crippen LogP contribution in [0.25, 0.3) is 0 Å². The Labute approximate surface area is 170 Å². The number of hydrogen-bond donors (Lipinski definition) is 0. The smallest absolute Gasteiger partial charge is 0.254 e. The molecule has 1 atom stereocenters. The Hall–Kier alpha value is -1.90. The number of aryl methyl sites for hydroxylation is 2. The van der Waals surface area contributed by atoms with E-state index in [9.17, 15) is 9.59 Å². The highest BCUT2D eigenvalue weighted by Crippen LogP contribution is 2.43. The van der Waals surface area contributed by atoms with E-state index in [-0.39, 0.29) is 17.9 Å². The molecule has 0 aromatic heterocycles. The predicted octanol–water partition coefficient (Wildman–Crippen LogP) is 5.63. The van der Waals surface area contributed by atoms with Gasteiger partial charge in [0.05, 0.1) is 6.04 Å². The highest BCUT2D eigenvalue weighted by atomic mass is 16.2. The fraction of sp³-hybridized carbons (Fsp3) is 0.600. The van der Waals surface area contributed by atoms with Crippen LogP contribution in [-0.2, 0) is 35.3 Å². The summed E-state index contributed by atoms with van der Waals surface area (Å²) in [6, 6.07) is 2.35. The third-order valence-electron chi connectivity index (χ3n) is 6.31. The van der Waals surface area contributed by atoms with E-state index in [4.69, 9.17) is 0 Å². The lowest BCUT2D eigenvalue weighted by Gasteiger charge is -2.27. The lowest BCUT2D eigenvalue weighted by molar-refractivity contribution is -0.139. The summed E-state index contributed by atoms with van der Waals surface area (Å²) in [5.74, 6) is -0.288. The summed E-state index contributed by atoms with van der Waals surface area (Å²) >= 11 is 0. The molecule has 28 heavy (non-hydrogen) atoms. The summed E-state index contributed by atoms with van der Waals surface area (Å²) in [5, 5.41) is 0. The van der Waals surface area contributed by atoms with Crippen molar-refractivity contribution in [2.75, 3.05) is 0 Å². The number of imide groups is 1. The van der Waals surface area contributed by atoms with E-state index in [1.54, 1.807) is 0 Å². The lowest BCUT2D eigenvalue weighted by Crippen LogP contribution is -2.33. The normalized spacial score (nSPS) is 18.4. The standard InChI is InChI=1S/C25H35NO2/c1-4-7-10-18-17-19-13-14-22(26-23(27)15-16-24(26)28)25(19)21(12-9-6-3)20(18)11-8-5-2/h15-17,22H,4-14H2,1-3H3/t22-/m0/s1. The molecule has 3 nitrogen and oxygen atoms in total. The molecule has 1 aromatic rings. The molecule has 3 rings (SSSR count). The van der Waals surface area contributed by atoms with Crippen LogP contribution in [0.2, 0.25) is 0 Å². The lowest BCUT2D eigenvalue weighted by atomic mass is 9.84. The van der Waals surface area contributed by atoms with Gasteiger partial charge in [0.25, 0.3) is 11.8 Å². The van der Waals surface area contributed by atoms with Gasteiger partial charge < -0.3 is 0 Å². The zero-order valence-electron chi connectivity index (χ0n) is 17.9. The molecule has 0 N–H and O–H groups in total. The molecule has 152 valence electrons. The van der Waals surface area contributed by atoms with Gasteiger partial charge in [0.1, 0.15) is 0 Å². The van der Waals surface area contributed by atoms with Crippen molar-refractivity contribution in [3.63, 3.8) is 0 Å². The number of carbonyl (C=O) groups is 2. The first-order valence-electron chi connectivity index (χ1n) is 11.3. The second-order valence-corrected chi connectivity index (χ2v) is 8.31. The Morgan fingerprint density at radius 3 is 2.04 bits per heavy atom. The second kappa shape index (κ2) is 9.54. The average molecular weight is 382 g/mol. The fourth-order valence-electron chi connectivity index (χ4n) is 4.86. The number of carbonyl (C=O) groups excluding carboxylic acids is 2. The Balaban J connectivity index is 2.08. The molecule has 0 unspecified atom stereocenters. The van der Waals surface area contributed by atoms with Gasteiger partial charge in [0.15, 0.2) is 0 Å². The van der Waals surface area contributed by atoms with Crippen LogP contribution in [0, 0.1) is 0 Å². The van der Waals surface area contributed by atoms with Gasteiger partial charge in [-0.15, -0.1) is 0 Å². The van der Waals surface area contributed by atoms with E-state index in [2.05, 4.69) is 26.8 Å². The number of nitrogens with zero attached hydrogens (tertiary/aromatic N) is 1. The molecule has 0 bridgehead atoms. The molecular formula is C25H35NO2. The van der Waals surface area contributed by atoms with Crippen molar-refractivity contribution in [1.29, 1.82) is 0 Å². The Kier molecular flexibility index (Phi) is 7.09. The van der Waals surface area contributed by atoms with Crippen molar-refractivity contribution in [3.05, 3.63) is 46.0 Å². The maximum atomic E-state index is 12.4. The number of unbranched alkanes of at least 4 members (excludes halogenated alkanes) is 3. The van der Waals surface area contributed by atoms with Crippen LogP contribution in [0.5, 0.6) is 0 Å². The van der Waals surface area contributed by atoms with Gasteiger partial charge >= 0.3 is 0 Å². The van der Waals surface area contributed by atoms with Crippen LogP contribution >= 0.6 is 0 Å². The van der Waals surface area contributed by atoms with Crippen molar-refractivity contribution in [1.82, 2.24) is 4.90 Å². The SMILES string of the molecule is CCCCc1cc2c(c(CCCC)c1CCCC)[C@@H](N1C(=O)C=CC1=O)CC2. The Bertz CT molecular complexity index is 744. The third kappa shape index (κ3) is 4.09. The topological polar surface area (TPSA) is 37.4 Å². The molecular weight excluding hydrogens is 346 g/mol. The molecule has 3 heteroatoms. The van der Waals surface area contributed by atoms with Gasteiger partial charge in [0.2, 0.25) is 0 Å². The minimum Gasteiger partial charge on any atom is -0.269 e. The summed E-state index contributed by atoms with van der Waals surface area (Å²) in [4.78, 5) is 26.3. The van der Waals surface area contributed by atoms with Crippen LogP contribution in [-0.4, -0.2) is 16.7 Å². The van der Waals surface area contributed by atoms with Crippen LogP contribution in [0.4, 0.5) is 0 Å². The second-order valence-electron chi connectivity index (χ2n) is 8.31. The number of fused-ring (bicyclic) bond motifs is 1. The summed E-state index contributed by atoms with van der Waals surface area (Å²) < 4.78 is 0. The van der Waals surface area contributed by atoms with E-state index in [0.29, 0.717) is 0 Å². The summed E-state index contributed by atoms with van der Waals surface area (Å²) in [6.07, 6.45) is 15.2. The van der Waals surface area contributed by atoms with Gasteiger partial charge in [0, 0.05) is 12.2 Å². The minimum atomic E-state index is -0.144. The Morgan fingerprint density at radius 2 is 1.43 bits per heavy atom. The summed E-state index contributed by atoms with van der Waals surface area (Å²) in [6.45, 7) is 6.74. The van der Waals surface area contributed by atoms with E-state index >= 15 is 0 Å². The highest BCUT2D eigenvalue weighted by Gasteiger charge is 2.38. The summed E-state index contributed by atoms with van der Waals surface area (Å²) in [7, 11) is 0. The number of rotatable bonds is 10. The first-order valence-corrected chi connectivity index (χ1v) is 11.3. The molecule has 1 aliphatic carbocycles. The van der Waals surface area contributed by atoms with Crippen molar-refractivity contribution >= 4 is 11.8 Å². The van der Waals surface area contributed by atoms with Crippen molar-refractivity contribution in [2.24, 2.45) is 0 Å². The van der Waals surface area contributed by atoms with Crippen molar-refractivity contribution in [3.8, 4) is 0 Å². The molecule has 1 heterocycles. The molecule has 2 aliphatic rings. The van der Waals surface area contributed by atoms with Crippen LogP contribution in [0.3, 0.4) is 0 Å². The molecule has 0 spiro atoms. The predicted molar refractivity (Wildman–Crippen MR) is 114 cm³/mol. The van der Waals surface area contributed by atoms with Crippen LogP contribution in [0.1, 0.15) is 99.6 Å². The van der Waals surface area contributed by atoms with E-state index in [1.165, 1.54) is 70.6 Å². The van der Waals surface area contributed by atoms with Crippen molar-refractivity contribution in [2.45, 2.75) is 97.4 Å². The number of amides is 2. The van der Waals surface area contributed by atoms with Gasteiger partial charge in [-0.05, 0) is 79.2 Å².